The molecule has 1 N–H and O–H groups in total. The van der Waals surface area contributed by atoms with Gasteiger partial charge in [-0.3, -0.25) is 9.03 Å². The number of methoxy groups -OCH3 is 1. The van der Waals surface area contributed by atoms with E-state index < -0.39 is 20.0 Å². The van der Waals surface area contributed by atoms with Crippen molar-refractivity contribution in [3.05, 3.63) is 48.0 Å². The van der Waals surface area contributed by atoms with Crippen molar-refractivity contribution in [2.24, 2.45) is 0 Å². The van der Waals surface area contributed by atoms with Crippen LogP contribution in [0.5, 0.6) is 5.75 Å². The first-order valence-corrected chi connectivity index (χ1v) is 10.6. The van der Waals surface area contributed by atoms with Gasteiger partial charge in [-0.15, -0.1) is 0 Å². The Morgan fingerprint density at radius 2 is 1.60 bits per heavy atom. The minimum absolute atomic E-state index is 0.145. The van der Waals surface area contributed by atoms with Crippen molar-refractivity contribution < 1.29 is 21.6 Å². The zero-order chi connectivity index (χ0) is 18.8. The van der Waals surface area contributed by atoms with Crippen LogP contribution in [0.3, 0.4) is 0 Å². The first-order valence-electron chi connectivity index (χ1n) is 7.26. The Kier molecular flexibility index (Phi) is 5.28. The molecular weight excluding hydrogens is 364 g/mol. The molecule has 0 radical (unpaired) electrons. The van der Waals surface area contributed by atoms with Crippen LogP contribution in [0.25, 0.3) is 0 Å². The van der Waals surface area contributed by atoms with E-state index in [1.807, 2.05) is 0 Å². The molecular formula is C16H20N2O5S2. The smallest absolute Gasteiger partial charge is 0.264 e. The summed E-state index contributed by atoms with van der Waals surface area (Å²) in [5.74, 6) is 0.609. The molecule has 0 saturated heterocycles. The maximum atomic E-state index is 12.8. The quantitative estimate of drug-likeness (QED) is 0.824. The molecule has 0 aliphatic carbocycles. The number of benzene rings is 2. The maximum absolute atomic E-state index is 12.8. The number of nitrogens with one attached hydrogen (secondary N) is 1. The minimum atomic E-state index is -3.75. The van der Waals surface area contributed by atoms with Crippen molar-refractivity contribution in [1.82, 2.24) is 0 Å². The Balaban J connectivity index is 2.32. The summed E-state index contributed by atoms with van der Waals surface area (Å²) in [5.41, 5.74) is 1.48. The summed E-state index contributed by atoms with van der Waals surface area (Å²) < 4.78 is 56.6. The van der Waals surface area contributed by atoms with E-state index in [1.165, 1.54) is 44.5 Å². The second-order valence-corrected chi connectivity index (χ2v) is 9.24. The molecule has 2 aromatic rings. The van der Waals surface area contributed by atoms with E-state index in [9.17, 15) is 16.8 Å². The molecule has 9 heteroatoms. The van der Waals surface area contributed by atoms with Crippen LogP contribution in [0.1, 0.15) is 5.56 Å². The normalized spacial score (nSPS) is 11.8. The second-order valence-electron chi connectivity index (χ2n) is 5.53. The van der Waals surface area contributed by atoms with Crippen LogP contribution in [0, 0.1) is 6.92 Å². The monoisotopic (exact) mass is 384 g/mol. The Morgan fingerprint density at radius 3 is 2.08 bits per heavy atom. The largest absolute Gasteiger partial charge is 0.496 e. The van der Waals surface area contributed by atoms with Crippen LogP contribution in [0.15, 0.2) is 47.4 Å². The predicted octanol–water partition coefficient (Wildman–Crippen LogP) is 2.20. The van der Waals surface area contributed by atoms with Crippen molar-refractivity contribution in [3.8, 4) is 5.75 Å². The van der Waals surface area contributed by atoms with Crippen molar-refractivity contribution in [2.45, 2.75) is 11.8 Å². The average Bonchev–Trinajstić information content (AvgIpc) is 2.53. The third-order valence-electron chi connectivity index (χ3n) is 3.56. The summed E-state index contributed by atoms with van der Waals surface area (Å²) in [5, 5.41) is 0. The first kappa shape index (κ1) is 19.1. The fourth-order valence-electron chi connectivity index (χ4n) is 2.26. The van der Waals surface area contributed by atoms with Crippen LogP contribution >= 0.6 is 0 Å². The Bertz CT molecular complexity index is 968. The van der Waals surface area contributed by atoms with Gasteiger partial charge in [0.1, 0.15) is 5.75 Å². The van der Waals surface area contributed by atoms with E-state index in [0.717, 1.165) is 10.6 Å². The third kappa shape index (κ3) is 4.43. The standard InChI is InChI=1S/C16H20N2O5S2/c1-12-11-15(9-10-16(12)23-3)25(21,22)18(2)14-7-5-13(6-8-14)17-24(4,19)20/h5-11,17H,1-4H3. The predicted molar refractivity (Wildman–Crippen MR) is 98.2 cm³/mol. The van der Waals surface area contributed by atoms with E-state index >= 15 is 0 Å². The summed E-state index contributed by atoms with van der Waals surface area (Å²) in [6, 6.07) is 10.7. The highest BCUT2D eigenvalue weighted by Gasteiger charge is 2.22. The lowest BCUT2D eigenvalue weighted by molar-refractivity contribution is 0.411. The fraction of sp³-hybridized carbons (Fsp3) is 0.250. The summed E-state index contributed by atoms with van der Waals surface area (Å²) in [6.45, 7) is 1.77. The SMILES string of the molecule is COc1ccc(S(=O)(=O)N(C)c2ccc(NS(C)(=O)=O)cc2)cc1C. The number of ether oxygens (including phenoxy) is 1. The third-order valence-corrected chi connectivity index (χ3v) is 5.95. The van der Waals surface area contributed by atoms with Crippen molar-refractivity contribution >= 4 is 31.4 Å². The summed E-state index contributed by atoms with van der Waals surface area (Å²) in [7, 11) is -4.17. The first-order chi connectivity index (χ1) is 11.5. The van der Waals surface area contributed by atoms with E-state index in [0.29, 0.717) is 22.7 Å². The highest BCUT2D eigenvalue weighted by atomic mass is 32.2. The number of hydrogen-bond acceptors (Lipinski definition) is 5. The second kappa shape index (κ2) is 6.93. The number of sulfonamides is 2. The number of rotatable bonds is 6. The van der Waals surface area contributed by atoms with Gasteiger partial charge in [-0.05, 0) is 55.0 Å². The summed E-state index contributed by atoms with van der Waals surface area (Å²) in [4.78, 5) is 0.145. The molecule has 0 amide bonds. The Labute approximate surface area is 148 Å². The molecule has 0 unspecified atom stereocenters. The Morgan fingerprint density at radius 1 is 1.00 bits per heavy atom. The van der Waals surface area contributed by atoms with Gasteiger partial charge in [0.2, 0.25) is 10.0 Å². The zero-order valence-electron chi connectivity index (χ0n) is 14.3. The molecule has 136 valence electrons. The zero-order valence-corrected chi connectivity index (χ0v) is 16.0. The van der Waals surface area contributed by atoms with Gasteiger partial charge in [-0.2, -0.15) is 0 Å². The van der Waals surface area contributed by atoms with Crippen LogP contribution in [0.2, 0.25) is 0 Å². The van der Waals surface area contributed by atoms with Crippen LogP contribution in [-0.4, -0.2) is 37.2 Å². The van der Waals surface area contributed by atoms with Gasteiger partial charge in [0.15, 0.2) is 0 Å². The van der Waals surface area contributed by atoms with Crippen molar-refractivity contribution in [3.63, 3.8) is 0 Å². The average molecular weight is 384 g/mol. The molecule has 0 aliphatic rings. The number of hydrogen-bond donors (Lipinski definition) is 1. The highest BCUT2D eigenvalue weighted by Crippen LogP contribution is 2.27. The van der Waals surface area contributed by atoms with E-state index in [2.05, 4.69) is 4.72 Å². The fourth-order valence-corrected chi connectivity index (χ4v) is 4.11. The summed E-state index contributed by atoms with van der Waals surface area (Å²) >= 11 is 0. The van der Waals surface area contributed by atoms with E-state index in [1.54, 1.807) is 19.1 Å². The van der Waals surface area contributed by atoms with Gasteiger partial charge < -0.3 is 4.74 Å². The molecule has 0 bridgehead atoms. The Hall–Kier alpha value is -2.26. The van der Waals surface area contributed by atoms with Crippen LogP contribution in [-0.2, 0) is 20.0 Å². The molecule has 2 rings (SSSR count). The highest BCUT2D eigenvalue weighted by molar-refractivity contribution is 7.92. The van der Waals surface area contributed by atoms with E-state index in [4.69, 9.17) is 4.74 Å². The maximum Gasteiger partial charge on any atom is 0.264 e. The van der Waals surface area contributed by atoms with E-state index in [-0.39, 0.29) is 4.90 Å². The molecule has 0 aliphatic heterocycles. The minimum Gasteiger partial charge on any atom is -0.496 e. The molecule has 0 saturated carbocycles. The topological polar surface area (TPSA) is 92.8 Å². The van der Waals surface area contributed by atoms with Crippen molar-refractivity contribution in [2.75, 3.05) is 29.4 Å². The molecule has 0 heterocycles. The molecule has 25 heavy (non-hydrogen) atoms. The lowest BCUT2D eigenvalue weighted by Gasteiger charge is -2.20. The summed E-state index contributed by atoms with van der Waals surface area (Å²) in [6.07, 6.45) is 1.05. The van der Waals surface area contributed by atoms with Gasteiger partial charge >= 0.3 is 0 Å². The molecule has 2 aromatic carbocycles. The number of nitrogens with zero attached hydrogens (tertiary/aromatic N) is 1. The lowest BCUT2D eigenvalue weighted by atomic mass is 10.2. The van der Waals surface area contributed by atoms with Gasteiger partial charge in [0, 0.05) is 12.7 Å². The van der Waals surface area contributed by atoms with Crippen LogP contribution < -0.4 is 13.8 Å². The lowest BCUT2D eigenvalue weighted by Crippen LogP contribution is -2.26. The molecule has 7 nitrogen and oxygen atoms in total. The van der Waals surface area contributed by atoms with Gasteiger partial charge in [-0.25, -0.2) is 16.8 Å². The number of anilines is 2. The molecule has 0 spiro atoms. The van der Waals surface area contributed by atoms with Gasteiger partial charge in [-0.1, -0.05) is 0 Å². The van der Waals surface area contributed by atoms with Gasteiger partial charge in [0.05, 0.1) is 23.9 Å². The molecule has 0 fully saturated rings. The van der Waals surface area contributed by atoms with Crippen molar-refractivity contribution in [1.29, 1.82) is 0 Å². The molecule has 0 aromatic heterocycles. The van der Waals surface area contributed by atoms with Gasteiger partial charge in [0.25, 0.3) is 10.0 Å². The molecule has 0 atom stereocenters. The van der Waals surface area contributed by atoms with Crippen LogP contribution in [0.4, 0.5) is 11.4 Å². The number of aryl methyl sites for hydroxylation is 1.